The molecule has 0 aromatic rings. The zero-order valence-electron chi connectivity index (χ0n) is 10.7. The van der Waals surface area contributed by atoms with Crippen molar-refractivity contribution in [2.75, 3.05) is 33.2 Å². The van der Waals surface area contributed by atoms with Crippen LogP contribution >= 0.6 is 15.2 Å². The van der Waals surface area contributed by atoms with Crippen molar-refractivity contribution in [3.63, 3.8) is 0 Å². The molecule has 1 aliphatic heterocycles. The van der Waals surface area contributed by atoms with Gasteiger partial charge in [-0.3, -0.25) is 13.7 Å². The molecule has 0 aromatic carbocycles. The van der Waals surface area contributed by atoms with Gasteiger partial charge in [-0.15, -0.1) is 0 Å². The molecule has 1 saturated heterocycles. The van der Waals surface area contributed by atoms with Gasteiger partial charge in [-0.1, -0.05) is 13.8 Å². The van der Waals surface area contributed by atoms with E-state index < -0.39 is 20.8 Å². The van der Waals surface area contributed by atoms with Crippen LogP contribution in [0.4, 0.5) is 0 Å². The summed E-state index contributed by atoms with van der Waals surface area (Å²) in [5.74, 6) is 0. The van der Waals surface area contributed by atoms with Crippen molar-refractivity contribution >= 4 is 15.2 Å². The molecule has 8 heteroatoms. The van der Waals surface area contributed by atoms with Crippen LogP contribution in [0.5, 0.6) is 0 Å². The maximum Gasteiger partial charge on any atom is 0.330 e. The maximum atomic E-state index is 12.1. The van der Waals surface area contributed by atoms with Gasteiger partial charge in [-0.05, 0) is 6.42 Å². The normalized spacial score (nSPS) is 37.6. The summed E-state index contributed by atoms with van der Waals surface area (Å²) in [7, 11) is -4.75. The molecule has 102 valence electrons. The summed E-state index contributed by atoms with van der Waals surface area (Å²) in [4.78, 5) is 0. The van der Waals surface area contributed by atoms with E-state index in [1.807, 2.05) is 6.92 Å². The van der Waals surface area contributed by atoms with Crippen molar-refractivity contribution in [2.45, 2.75) is 25.9 Å². The molecule has 1 fully saturated rings. The summed E-state index contributed by atoms with van der Waals surface area (Å²) >= 11 is 0. The van der Waals surface area contributed by atoms with E-state index in [1.54, 1.807) is 6.92 Å². The fourth-order valence-electron chi connectivity index (χ4n) is 1.40. The Kier molecular flexibility index (Phi) is 4.98. The van der Waals surface area contributed by atoms with E-state index in [0.717, 1.165) is 0 Å². The third-order valence-electron chi connectivity index (χ3n) is 2.77. The lowest BCUT2D eigenvalue weighted by atomic mass is 10.0. The van der Waals surface area contributed by atoms with E-state index in [9.17, 15) is 9.13 Å². The molecule has 0 amide bonds. The molecule has 0 radical (unpaired) electrons. The molecule has 0 aromatic heterocycles. The van der Waals surface area contributed by atoms with Crippen molar-refractivity contribution in [2.24, 2.45) is 0 Å². The highest BCUT2D eigenvalue weighted by molar-refractivity contribution is 7.54. The van der Waals surface area contributed by atoms with Gasteiger partial charge in [0.2, 0.25) is 0 Å². The standard InChI is InChI=1S/C9H20O6P2/c1-5-9(15-17(11,6-2)12-3)7-13-16(4,10)14-8-9/h5-8H2,1-4H3. The minimum absolute atomic E-state index is 0.102. The molecule has 6 nitrogen and oxygen atoms in total. The SMILES string of the molecule is CCC1(OP(=O)(CC)OC)COP(C)(=O)OC1. The summed E-state index contributed by atoms with van der Waals surface area (Å²) < 4.78 is 44.4. The minimum atomic E-state index is -3.12. The lowest BCUT2D eigenvalue weighted by Gasteiger charge is -2.39. The quantitative estimate of drug-likeness (QED) is 0.724. The zero-order chi connectivity index (χ0) is 13.2. The Morgan fingerprint density at radius 3 is 2.24 bits per heavy atom. The maximum absolute atomic E-state index is 12.1. The van der Waals surface area contributed by atoms with Gasteiger partial charge in [-0.2, -0.15) is 0 Å². The number of rotatable bonds is 5. The van der Waals surface area contributed by atoms with E-state index in [0.29, 0.717) is 6.42 Å². The van der Waals surface area contributed by atoms with Crippen LogP contribution in [0.15, 0.2) is 0 Å². The second kappa shape index (κ2) is 5.52. The minimum Gasteiger partial charge on any atom is -0.312 e. The Balaban J connectivity index is 2.78. The molecular weight excluding hydrogens is 266 g/mol. The van der Waals surface area contributed by atoms with Crippen molar-refractivity contribution in [3.05, 3.63) is 0 Å². The molecule has 17 heavy (non-hydrogen) atoms. The van der Waals surface area contributed by atoms with Gasteiger partial charge >= 0.3 is 15.2 Å². The van der Waals surface area contributed by atoms with Gasteiger partial charge in [0.1, 0.15) is 5.60 Å². The second-order valence-corrected chi connectivity index (χ2v) is 8.52. The second-order valence-electron chi connectivity index (χ2n) is 4.06. The van der Waals surface area contributed by atoms with E-state index in [1.165, 1.54) is 13.8 Å². The lowest BCUT2D eigenvalue weighted by Crippen LogP contribution is -2.43. The van der Waals surface area contributed by atoms with Crippen LogP contribution in [0.2, 0.25) is 0 Å². The first-order valence-electron chi connectivity index (χ1n) is 5.52. The van der Waals surface area contributed by atoms with E-state index in [4.69, 9.17) is 18.1 Å². The monoisotopic (exact) mass is 286 g/mol. The molecule has 1 rings (SSSR count). The van der Waals surface area contributed by atoms with Crippen molar-refractivity contribution < 1.29 is 27.2 Å². The Labute approximate surface area is 102 Å². The van der Waals surface area contributed by atoms with Crippen molar-refractivity contribution in [3.8, 4) is 0 Å². The highest BCUT2D eigenvalue weighted by atomic mass is 31.2. The molecule has 0 aliphatic carbocycles. The number of hydrogen-bond donors (Lipinski definition) is 0. The highest BCUT2D eigenvalue weighted by Gasteiger charge is 2.44. The fraction of sp³-hybridized carbons (Fsp3) is 1.00. The molecule has 0 N–H and O–H groups in total. The molecule has 0 bridgehead atoms. The van der Waals surface area contributed by atoms with Crippen LogP contribution in [0.25, 0.3) is 0 Å². The largest absolute Gasteiger partial charge is 0.330 e. The lowest BCUT2D eigenvalue weighted by molar-refractivity contribution is -0.0619. The van der Waals surface area contributed by atoms with Gasteiger partial charge in [0, 0.05) is 19.9 Å². The van der Waals surface area contributed by atoms with E-state index in [2.05, 4.69) is 0 Å². The molecule has 1 aliphatic rings. The molecule has 1 unspecified atom stereocenters. The summed E-state index contributed by atoms with van der Waals surface area (Å²) in [6.45, 7) is 5.20. The van der Waals surface area contributed by atoms with Crippen LogP contribution in [0.3, 0.4) is 0 Å². The first kappa shape index (κ1) is 15.4. The van der Waals surface area contributed by atoms with E-state index in [-0.39, 0.29) is 19.4 Å². The zero-order valence-corrected chi connectivity index (χ0v) is 12.5. The topological polar surface area (TPSA) is 71.1 Å². The molecular formula is C9H20O6P2. The van der Waals surface area contributed by atoms with E-state index >= 15 is 0 Å². The first-order chi connectivity index (χ1) is 7.80. The van der Waals surface area contributed by atoms with Gasteiger partial charge in [0.25, 0.3) is 0 Å². The molecule has 1 atom stereocenters. The van der Waals surface area contributed by atoms with Crippen LogP contribution < -0.4 is 0 Å². The Morgan fingerprint density at radius 2 is 1.88 bits per heavy atom. The Hall–Kier alpha value is 0.300. The third-order valence-corrected chi connectivity index (χ3v) is 5.96. The predicted octanol–water partition coefficient (Wildman–Crippen LogP) is 2.88. The third kappa shape index (κ3) is 3.88. The first-order valence-corrected chi connectivity index (χ1v) is 9.24. The summed E-state index contributed by atoms with van der Waals surface area (Å²) in [6, 6.07) is 0. The fourth-order valence-corrected chi connectivity index (χ4v) is 3.70. The van der Waals surface area contributed by atoms with Crippen LogP contribution in [0.1, 0.15) is 20.3 Å². The van der Waals surface area contributed by atoms with Gasteiger partial charge < -0.3 is 13.6 Å². The van der Waals surface area contributed by atoms with Gasteiger partial charge in [0.15, 0.2) is 0 Å². The average Bonchev–Trinajstić information content (AvgIpc) is 2.32. The molecule has 0 spiro atoms. The van der Waals surface area contributed by atoms with Crippen LogP contribution in [0, 0.1) is 0 Å². The Morgan fingerprint density at radius 1 is 1.35 bits per heavy atom. The average molecular weight is 286 g/mol. The van der Waals surface area contributed by atoms with Gasteiger partial charge in [-0.25, -0.2) is 0 Å². The predicted molar refractivity (Wildman–Crippen MR) is 64.7 cm³/mol. The molecule has 1 heterocycles. The highest BCUT2D eigenvalue weighted by Crippen LogP contribution is 2.56. The summed E-state index contributed by atoms with van der Waals surface area (Å²) in [5.41, 5.74) is -0.842. The van der Waals surface area contributed by atoms with Crippen molar-refractivity contribution in [1.82, 2.24) is 0 Å². The van der Waals surface area contributed by atoms with Crippen LogP contribution in [-0.2, 0) is 27.2 Å². The smallest absolute Gasteiger partial charge is 0.312 e. The summed E-state index contributed by atoms with van der Waals surface area (Å²) in [5, 5.41) is 0. The van der Waals surface area contributed by atoms with Gasteiger partial charge in [0.05, 0.1) is 13.2 Å². The molecule has 0 saturated carbocycles. The van der Waals surface area contributed by atoms with Crippen molar-refractivity contribution in [1.29, 1.82) is 0 Å². The van der Waals surface area contributed by atoms with Crippen LogP contribution in [-0.4, -0.2) is 38.8 Å². The summed E-state index contributed by atoms with van der Waals surface area (Å²) in [6.07, 6.45) is 0.815. The number of hydrogen-bond acceptors (Lipinski definition) is 6. The Bertz CT molecular complexity index is 335.